The smallest absolute Gasteiger partial charge is 0.195 e. The van der Waals surface area contributed by atoms with E-state index < -0.39 is 0 Å². The number of rotatable bonds is 2. The third-order valence-electron chi connectivity index (χ3n) is 2.23. The molecule has 0 atom stereocenters. The number of pyridine rings is 1. The third-order valence-corrected chi connectivity index (χ3v) is 3.04. The van der Waals surface area contributed by atoms with Crippen molar-refractivity contribution in [2.75, 3.05) is 0 Å². The van der Waals surface area contributed by atoms with Crippen molar-refractivity contribution in [3.05, 3.63) is 38.5 Å². The van der Waals surface area contributed by atoms with Crippen LogP contribution in [0, 0.1) is 0 Å². The lowest BCUT2D eigenvalue weighted by Gasteiger charge is -2.11. The van der Waals surface area contributed by atoms with Gasteiger partial charge >= 0.3 is 0 Å². The van der Waals surface area contributed by atoms with Crippen LogP contribution >= 0.6 is 23.2 Å². The lowest BCUT2D eigenvalue weighted by atomic mass is 10.2. The Morgan fingerprint density at radius 3 is 2.65 bits per heavy atom. The Bertz CT molecular complexity index is 620. The molecule has 0 aliphatic carbocycles. The summed E-state index contributed by atoms with van der Waals surface area (Å²) in [5.74, 6) is 0.390. The minimum Gasteiger partial charge on any atom is -0.476 e. The van der Waals surface area contributed by atoms with E-state index in [2.05, 4.69) is 4.98 Å². The van der Waals surface area contributed by atoms with Gasteiger partial charge < -0.3 is 9.72 Å². The lowest BCUT2D eigenvalue weighted by molar-refractivity contribution is 0.233. The molecule has 1 aromatic heterocycles. The number of benzene rings is 1. The molecule has 0 aliphatic rings. The summed E-state index contributed by atoms with van der Waals surface area (Å²) in [5.41, 5.74) is 0.357. The molecular weight excluding hydrogens is 261 g/mol. The van der Waals surface area contributed by atoms with Crippen molar-refractivity contribution in [3.8, 4) is 5.88 Å². The fourth-order valence-electron chi connectivity index (χ4n) is 1.55. The molecule has 0 fully saturated rings. The highest BCUT2D eigenvalue weighted by Crippen LogP contribution is 2.29. The first-order valence-electron chi connectivity index (χ1n) is 5.16. The van der Waals surface area contributed by atoms with Gasteiger partial charge in [0.15, 0.2) is 11.3 Å². The van der Waals surface area contributed by atoms with Gasteiger partial charge in [0.25, 0.3) is 0 Å². The Morgan fingerprint density at radius 2 is 2.00 bits per heavy atom. The van der Waals surface area contributed by atoms with Gasteiger partial charge in [0.1, 0.15) is 0 Å². The van der Waals surface area contributed by atoms with Crippen molar-refractivity contribution in [3.63, 3.8) is 0 Å². The Hall–Kier alpha value is -1.19. The van der Waals surface area contributed by atoms with Crippen LogP contribution in [0.3, 0.4) is 0 Å². The number of nitrogens with one attached hydrogen (secondary N) is 1. The number of H-pyrrole nitrogens is 1. The Labute approximate surface area is 108 Å². The van der Waals surface area contributed by atoms with Crippen LogP contribution in [-0.4, -0.2) is 11.1 Å². The molecule has 0 amide bonds. The average Bonchev–Trinajstić information content (AvgIpc) is 2.23. The molecule has 0 unspecified atom stereocenters. The summed E-state index contributed by atoms with van der Waals surface area (Å²) in [6.07, 6.45) is -0.0268. The predicted molar refractivity (Wildman–Crippen MR) is 70.4 cm³/mol. The maximum atomic E-state index is 11.8. The van der Waals surface area contributed by atoms with Gasteiger partial charge in [0.2, 0.25) is 0 Å². The summed E-state index contributed by atoms with van der Waals surface area (Å²) in [6.45, 7) is 3.75. The van der Waals surface area contributed by atoms with Crippen LogP contribution in [0.5, 0.6) is 5.88 Å². The van der Waals surface area contributed by atoms with Crippen molar-refractivity contribution >= 4 is 34.1 Å². The maximum Gasteiger partial charge on any atom is 0.195 e. The molecule has 0 aliphatic heterocycles. The van der Waals surface area contributed by atoms with E-state index in [1.807, 2.05) is 13.8 Å². The van der Waals surface area contributed by atoms with Crippen molar-refractivity contribution in [1.29, 1.82) is 0 Å². The number of ether oxygens (including phenoxy) is 1. The molecule has 0 saturated heterocycles. The summed E-state index contributed by atoms with van der Waals surface area (Å²) < 4.78 is 5.44. The number of aromatic amines is 1. The van der Waals surface area contributed by atoms with Gasteiger partial charge in [-0.1, -0.05) is 23.2 Å². The first-order chi connectivity index (χ1) is 7.99. The van der Waals surface area contributed by atoms with Gasteiger partial charge in [-0.05, 0) is 26.0 Å². The molecule has 0 saturated carbocycles. The van der Waals surface area contributed by atoms with E-state index in [1.165, 1.54) is 6.07 Å². The number of hydrogen-bond acceptors (Lipinski definition) is 2. The standard InChI is InChI=1S/C12H11Cl2NO2/c1-6(2)17-10-5-9(16)7-3-4-8(13)11(14)12(7)15-10/h3-6H,1-2H3,(H,15,16). The topological polar surface area (TPSA) is 42.1 Å². The molecule has 2 aromatic rings. The summed E-state index contributed by atoms with van der Waals surface area (Å²) in [4.78, 5) is 14.8. The van der Waals surface area contributed by atoms with Gasteiger partial charge in [-0.3, -0.25) is 4.79 Å². The largest absolute Gasteiger partial charge is 0.476 e. The fraction of sp³-hybridized carbons (Fsp3) is 0.250. The highest BCUT2D eigenvalue weighted by Gasteiger charge is 2.09. The zero-order valence-electron chi connectivity index (χ0n) is 9.38. The number of fused-ring (bicyclic) bond motifs is 1. The monoisotopic (exact) mass is 271 g/mol. The van der Waals surface area contributed by atoms with Crippen molar-refractivity contribution < 1.29 is 4.74 Å². The first-order valence-corrected chi connectivity index (χ1v) is 5.92. The maximum absolute atomic E-state index is 11.8. The molecule has 3 nitrogen and oxygen atoms in total. The van der Waals surface area contributed by atoms with Gasteiger partial charge in [0, 0.05) is 11.5 Å². The highest BCUT2D eigenvalue weighted by atomic mass is 35.5. The fourth-order valence-corrected chi connectivity index (χ4v) is 1.92. The second kappa shape index (κ2) is 4.59. The Balaban J connectivity index is 2.70. The molecule has 17 heavy (non-hydrogen) atoms. The van der Waals surface area contributed by atoms with E-state index in [0.717, 1.165) is 0 Å². The van der Waals surface area contributed by atoms with Crippen LogP contribution in [0.4, 0.5) is 0 Å². The van der Waals surface area contributed by atoms with Crippen LogP contribution in [0.15, 0.2) is 23.0 Å². The zero-order chi connectivity index (χ0) is 12.6. The summed E-state index contributed by atoms with van der Waals surface area (Å²) >= 11 is 12.0. The molecular formula is C12H11Cl2NO2. The van der Waals surface area contributed by atoms with Gasteiger partial charge in [-0.15, -0.1) is 0 Å². The SMILES string of the molecule is CC(C)Oc1cc(=O)c2ccc(Cl)c(Cl)c2[nH]1. The predicted octanol–water partition coefficient (Wildman–Crippen LogP) is 3.62. The third kappa shape index (κ3) is 2.40. The molecule has 1 N–H and O–H groups in total. The van der Waals surface area contributed by atoms with Gasteiger partial charge in [-0.2, -0.15) is 0 Å². The summed E-state index contributed by atoms with van der Waals surface area (Å²) in [7, 11) is 0. The highest BCUT2D eigenvalue weighted by molar-refractivity contribution is 6.44. The van der Waals surface area contributed by atoms with E-state index in [9.17, 15) is 4.79 Å². The molecule has 0 radical (unpaired) electrons. The molecule has 1 heterocycles. The molecule has 0 bridgehead atoms. The minimum absolute atomic E-state index is 0.0268. The van der Waals surface area contributed by atoms with Crippen LogP contribution < -0.4 is 10.2 Å². The second-order valence-corrected chi connectivity index (χ2v) is 4.73. The quantitative estimate of drug-likeness (QED) is 0.907. The number of hydrogen-bond donors (Lipinski definition) is 1. The van der Waals surface area contributed by atoms with Gasteiger partial charge in [-0.25, -0.2) is 0 Å². The Morgan fingerprint density at radius 1 is 1.29 bits per heavy atom. The number of halogens is 2. The van der Waals surface area contributed by atoms with Crippen LogP contribution in [0.1, 0.15) is 13.8 Å². The van der Waals surface area contributed by atoms with Crippen LogP contribution in [0.25, 0.3) is 10.9 Å². The van der Waals surface area contributed by atoms with Crippen LogP contribution in [0.2, 0.25) is 10.0 Å². The summed E-state index contributed by atoms with van der Waals surface area (Å²) in [5, 5.41) is 1.22. The van der Waals surface area contributed by atoms with Crippen LogP contribution in [-0.2, 0) is 0 Å². The molecule has 1 aromatic carbocycles. The zero-order valence-corrected chi connectivity index (χ0v) is 10.9. The second-order valence-electron chi connectivity index (χ2n) is 3.95. The Kier molecular flexibility index (Phi) is 3.31. The van der Waals surface area contributed by atoms with E-state index in [1.54, 1.807) is 12.1 Å². The molecule has 0 spiro atoms. The molecule has 5 heteroatoms. The lowest BCUT2D eigenvalue weighted by Crippen LogP contribution is -2.10. The van der Waals surface area contributed by atoms with Crippen molar-refractivity contribution in [1.82, 2.24) is 4.98 Å². The van der Waals surface area contributed by atoms with E-state index in [-0.39, 0.29) is 11.5 Å². The average molecular weight is 272 g/mol. The van der Waals surface area contributed by atoms with E-state index in [0.29, 0.717) is 26.8 Å². The van der Waals surface area contributed by atoms with Crippen molar-refractivity contribution in [2.24, 2.45) is 0 Å². The van der Waals surface area contributed by atoms with Gasteiger partial charge in [0.05, 0.1) is 21.7 Å². The molecule has 2 rings (SSSR count). The summed E-state index contributed by atoms with van der Waals surface area (Å²) in [6, 6.07) is 4.65. The minimum atomic E-state index is -0.145. The number of aromatic nitrogens is 1. The molecule has 90 valence electrons. The normalized spacial score (nSPS) is 11.1. The van der Waals surface area contributed by atoms with Crippen molar-refractivity contribution in [2.45, 2.75) is 20.0 Å². The van der Waals surface area contributed by atoms with E-state index in [4.69, 9.17) is 27.9 Å². The first kappa shape index (κ1) is 12.3. The van der Waals surface area contributed by atoms with E-state index >= 15 is 0 Å².